The molecule has 0 amide bonds. The summed E-state index contributed by atoms with van der Waals surface area (Å²) in [4.78, 5) is 0. The number of hydrogen-bond donors (Lipinski definition) is 1. The molecule has 0 radical (unpaired) electrons. The highest BCUT2D eigenvalue weighted by molar-refractivity contribution is 6.28. The number of nitrogens with one attached hydrogen (secondary N) is 1. The van der Waals surface area contributed by atoms with E-state index < -0.39 is 0 Å². The maximum absolute atomic E-state index is 5.72. The summed E-state index contributed by atoms with van der Waals surface area (Å²) in [5, 5.41) is 2.99. The van der Waals surface area contributed by atoms with Gasteiger partial charge in [-0.1, -0.05) is 0 Å². The quantitative estimate of drug-likeness (QED) is 0.735. The van der Waals surface area contributed by atoms with Crippen molar-refractivity contribution in [2.45, 2.75) is 10.8 Å². The number of rotatable bonds is 6. The lowest BCUT2D eigenvalue weighted by molar-refractivity contribution is 0.673. The van der Waals surface area contributed by atoms with E-state index >= 15 is 0 Å². The van der Waals surface area contributed by atoms with E-state index in [1.807, 2.05) is 0 Å². The van der Waals surface area contributed by atoms with Crippen LogP contribution in [0.5, 0.6) is 0 Å². The standard InChI is InChI=1S/C6H11Cl4N.ClH/c7-1-5(9)3-11-4-6(10)2-8;/h5-6,11H,1-4H2;1H. The van der Waals surface area contributed by atoms with Gasteiger partial charge in [0, 0.05) is 24.8 Å². The van der Waals surface area contributed by atoms with Crippen LogP contribution < -0.4 is 5.32 Å². The molecule has 0 spiro atoms. The van der Waals surface area contributed by atoms with Crippen LogP contribution in [-0.2, 0) is 0 Å². The molecular weight excluding hydrogens is 263 g/mol. The van der Waals surface area contributed by atoms with Gasteiger partial charge in [-0.25, -0.2) is 0 Å². The molecule has 12 heavy (non-hydrogen) atoms. The van der Waals surface area contributed by atoms with Crippen molar-refractivity contribution < 1.29 is 0 Å². The van der Waals surface area contributed by atoms with E-state index in [2.05, 4.69) is 5.32 Å². The summed E-state index contributed by atoms with van der Waals surface area (Å²) in [5.41, 5.74) is 0. The van der Waals surface area contributed by atoms with Crippen molar-refractivity contribution in [3.8, 4) is 0 Å². The van der Waals surface area contributed by atoms with E-state index in [-0.39, 0.29) is 23.2 Å². The van der Waals surface area contributed by atoms with Gasteiger partial charge in [0.15, 0.2) is 0 Å². The topological polar surface area (TPSA) is 12.0 Å². The minimum absolute atomic E-state index is 0. The van der Waals surface area contributed by atoms with E-state index in [0.29, 0.717) is 24.8 Å². The van der Waals surface area contributed by atoms with Gasteiger partial charge in [0.1, 0.15) is 0 Å². The van der Waals surface area contributed by atoms with Gasteiger partial charge in [-0.3, -0.25) is 0 Å². The summed E-state index contributed by atoms with van der Waals surface area (Å²) in [6, 6.07) is 0. The Morgan fingerprint density at radius 1 is 0.917 bits per heavy atom. The molecule has 0 aliphatic heterocycles. The van der Waals surface area contributed by atoms with Crippen molar-refractivity contribution in [1.82, 2.24) is 5.32 Å². The predicted octanol–water partition coefficient (Wildman–Crippen LogP) is 2.69. The van der Waals surface area contributed by atoms with E-state index in [0.717, 1.165) is 0 Å². The summed E-state index contributed by atoms with van der Waals surface area (Å²) >= 11 is 22.4. The first kappa shape index (κ1) is 15.9. The maximum Gasteiger partial charge on any atom is 0.0595 e. The van der Waals surface area contributed by atoms with Gasteiger partial charge >= 0.3 is 0 Å². The van der Waals surface area contributed by atoms with Gasteiger partial charge in [0.25, 0.3) is 0 Å². The first-order chi connectivity index (χ1) is 5.20. The molecule has 0 rings (SSSR count). The van der Waals surface area contributed by atoms with E-state index in [1.165, 1.54) is 0 Å². The molecule has 2 atom stereocenters. The zero-order valence-electron chi connectivity index (χ0n) is 6.40. The van der Waals surface area contributed by atoms with Crippen LogP contribution in [0.15, 0.2) is 0 Å². The fourth-order valence-corrected chi connectivity index (χ4v) is 0.942. The van der Waals surface area contributed by atoms with Gasteiger partial charge < -0.3 is 5.32 Å². The minimum Gasteiger partial charge on any atom is -0.314 e. The Labute approximate surface area is 99.5 Å². The molecule has 6 heteroatoms. The molecule has 0 saturated carbocycles. The molecule has 0 aromatic rings. The van der Waals surface area contributed by atoms with Crippen LogP contribution in [0, 0.1) is 0 Å². The Morgan fingerprint density at radius 3 is 1.50 bits per heavy atom. The van der Waals surface area contributed by atoms with Crippen molar-refractivity contribution in [1.29, 1.82) is 0 Å². The lowest BCUT2D eigenvalue weighted by Crippen LogP contribution is -2.30. The van der Waals surface area contributed by atoms with Crippen molar-refractivity contribution in [3.63, 3.8) is 0 Å². The van der Waals surface area contributed by atoms with Crippen LogP contribution in [-0.4, -0.2) is 35.6 Å². The summed E-state index contributed by atoms with van der Waals surface area (Å²) in [6.45, 7) is 1.34. The summed E-state index contributed by atoms with van der Waals surface area (Å²) < 4.78 is 0. The lowest BCUT2D eigenvalue weighted by atomic mass is 10.4. The second-order valence-corrected chi connectivity index (χ2v) is 4.01. The van der Waals surface area contributed by atoms with Crippen LogP contribution in [0.2, 0.25) is 0 Å². The van der Waals surface area contributed by atoms with Crippen LogP contribution >= 0.6 is 58.8 Å². The van der Waals surface area contributed by atoms with Crippen molar-refractivity contribution in [3.05, 3.63) is 0 Å². The smallest absolute Gasteiger partial charge is 0.0595 e. The number of hydrogen-bond acceptors (Lipinski definition) is 1. The van der Waals surface area contributed by atoms with Crippen molar-refractivity contribution >= 4 is 58.8 Å². The molecular formula is C6H12Cl5N. The third-order valence-corrected chi connectivity index (χ3v) is 2.74. The van der Waals surface area contributed by atoms with E-state index in [9.17, 15) is 0 Å². The van der Waals surface area contributed by atoms with Crippen LogP contribution in [0.1, 0.15) is 0 Å². The monoisotopic (exact) mass is 273 g/mol. The van der Waals surface area contributed by atoms with Gasteiger partial charge in [-0.05, 0) is 0 Å². The lowest BCUT2D eigenvalue weighted by Gasteiger charge is -2.09. The zero-order chi connectivity index (χ0) is 8.69. The summed E-state index contributed by atoms with van der Waals surface area (Å²) in [6.07, 6.45) is 0. The third kappa shape index (κ3) is 9.50. The normalized spacial score (nSPS) is 15.0. The van der Waals surface area contributed by atoms with Crippen molar-refractivity contribution in [2.24, 2.45) is 0 Å². The van der Waals surface area contributed by atoms with Crippen LogP contribution in [0.3, 0.4) is 0 Å². The van der Waals surface area contributed by atoms with Gasteiger partial charge in [0.05, 0.1) is 10.8 Å². The Morgan fingerprint density at radius 2 is 1.25 bits per heavy atom. The molecule has 0 heterocycles. The molecule has 2 unspecified atom stereocenters. The highest BCUT2D eigenvalue weighted by Crippen LogP contribution is 1.99. The first-order valence-electron chi connectivity index (χ1n) is 3.31. The molecule has 1 N–H and O–H groups in total. The predicted molar refractivity (Wildman–Crippen MR) is 60.8 cm³/mol. The maximum atomic E-state index is 5.72. The average Bonchev–Trinajstić information content (AvgIpc) is 2.04. The number of halogens is 5. The largest absolute Gasteiger partial charge is 0.314 e. The van der Waals surface area contributed by atoms with Crippen LogP contribution in [0.4, 0.5) is 0 Å². The summed E-state index contributed by atoms with van der Waals surface area (Å²) in [7, 11) is 0. The molecule has 0 aromatic carbocycles. The Kier molecular flexibility index (Phi) is 13.9. The molecule has 76 valence electrons. The second kappa shape index (κ2) is 10.5. The minimum atomic E-state index is -0.0316. The molecule has 0 fully saturated rings. The molecule has 0 bridgehead atoms. The van der Waals surface area contributed by atoms with Gasteiger partial charge in [-0.2, -0.15) is 0 Å². The Balaban J connectivity index is 0. The Hall–Kier alpha value is 1.41. The fraction of sp³-hybridized carbons (Fsp3) is 1.00. The molecule has 0 aliphatic carbocycles. The third-order valence-electron chi connectivity index (χ3n) is 1.07. The van der Waals surface area contributed by atoms with Gasteiger partial charge in [0.2, 0.25) is 0 Å². The highest BCUT2D eigenvalue weighted by atomic mass is 35.5. The number of alkyl halides is 4. The Bertz CT molecular complexity index is 82.0. The van der Waals surface area contributed by atoms with E-state index in [1.54, 1.807) is 0 Å². The molecule has 0 aromatic heterocycles. The highest BCUT2D eigenvalue weighted by Gasteiger charge is 2.04. The SMILES string of the molecule is Cl.ClCC(Cl)CNCC(Cl)CCl. The fourth-order valence-electron chi connectivity index (χ4n) is 0.506. The molecule has 0 aliphatic rings. The molecule has 1 nitrogen and oxygen atoms in total. The van der Waals surface area contributed by atoms with Crippen molar-refractivity contribution in [2.75, 3.05) is 24.8 Å². The second-order valence-electron chi connectivity index (χ2n) is 2.16. The average molecular weight is 275 g/mol. The summed E-state index contributed by atoms with van der Waals surface area (Å²) in [5.74, 6) is 0.894. The van der Waals surface area contributed by atoms with Gasteiger partial charge in [-0.15, -0.1) is 58.8 Å². The zero-order valence-corrected chi connectivity index (χ0v) is 10.2. The first-order valence-corrected chi connectivity index (χ1v) is 5.25. The van der Waals surface area contributed by atoms with Crippen LogP contribution in [0.25, 0.3) is 0 Å². The van der Waals surface area contributed by atoms with E-state index in [4.69, 9.17) is 46.4 Å². The molecule has 0 saturated heterocycles.